The molecule has 1 rings (SSSR count). The van der Waals surface area contributed by atoms with E-state index in [0.29, 0.717) is 5.56 Å². The lowest BCUT2D eigenvalue weighted by atomic mass is 10.3. The molecule has 0 aliphatic heterocycles. The van der Waals surface area contributed by atoms with E-state index in [0.717, 1.165) is 11.3 Å². The predicted octanol–water partition coefficient (Wildman–Crippen LogP) is 1.06. The fraction of sp³-hybridized carbons (Fsp3) is 0.167. The molecule has 0 atom stereocenters. The van der Waals surface area contributed by atoms with Gasteiger partial charge >= 0.3 is 5.00 Å². The fourth-order valence-electron chi connectivity index (χ4n) is 0.800. The maximum atomic E-state index is 10.7. The van der Waals surface area contributed by atoms with Crippen LogP contribution in [0.15, 0.2) is 6.07 Å². The van der Waals surface area contributed by atoms with E-state index in [-0.39, 0.29) is 9.88 Å². The summed E-state index contributed by atoms with van der Waals surface area (Å²) in [6, 6.07) is 1.34. The van der Waals surface area contributed by atoms with E-state index in [4.69, 9.17) is 5.73 Å². The van der Waals surface area contributed by atoms with Crippen LogP contribution < -0.4 is 5.73 Å². The predicted molar refractivity (Wildman–Crippen MR) is 44.2 cm³/mol. The molecule has 64 valence electrons. The van der Waals surface area contributed by atoms with Crippen LogP contribution in [0.1, 0.15) is 15.2 Å². The molecule has 12 heavy (non-hydrogen) atoms. The van der Waals surface area contributed by atoms with Crippen molar-refractivity contribution >= 4 is 22.2 Å². The highest BCUT2D eigenvalue weighted by Crippen LogP contribution is 2.27. The minimum absolute atomic E-state index is 0.0544. The molecule has 0 aromatic carbocycles. The first-order chi connectivity index (χ1) is 5.52. The second-order valence-corrected chi connectivity index (χ2v) is 3.25. The number of rotatable bonds is 2. The number of hydrogen-bond acceptors (Lipinski definition) is 4. The second-order valence-electron chi connectivity index (χ2n) is 2.22. The maximum absolute atomic E-state index is 10.7. The van der Waals surface area contributed by atoms with Gasteiger partial charge in [-0.1, -0.05) is 11.3 Å². The van der Waals surface area contributed by atoms with E-state index >= 15 is 0 Å². The summed E-state index contributed by atoms with van der Waals surface area (Å²) in [5, 5.41) is 10.2. The van der Waals surface area contributed by atoms with Crippen LogP contribution in [-0.2, 0) is 0 Å². The van der Waals surface area contributed by atoms with Crippen LogP contribution in [0.4, 0.5) is 5.00 Å². The largest absolute Gasteiger partial charge is 0.365 e. The number of amides is 1. The molecule has 0 unspecified atom stereocenters. The number of carbonyl (C=O) groups excluding carboxylic acids is 1. The average molecular weight is 186 g/mol. The first-order valence-electron chi connectivity index (χ1n) is 3.07. The van der Waals surface area contributed by atoms with Gasteiger partial charge < -0.3 is 5.73 Å². The maximum Gasteiger partial charge on any atom is 0.325 e. The number of aryl methyl sites for hydroxylation is 1. The Hall–Kier alpha value is -1.43. The zero-order valence-corrected chi connectivity index (χ0v) is 7.05. The molecule has 0 aliphatic carbocycles. The van der Waals surface area contributed by atoms with Gasteiger partial charge in [0.05, 0.1) is 4.92 Å². The summed E-state index contributed by atoms with van der Waals surface area (Å²) in [6.45, 7) is 1.61. The summed E-state index contributed by atoms with van der Waals surface area (Å²) < 4.78 is 0. The van der Waals surface area contributed by atoms with Gasteiger partial charge in [0.1, 0.15) is 4.88 Å². The highest BCUT2D eigenvalue weighted by molar-refractivity contribution is 7.17. The van der Waals surface area contributed by atoms with Gasteiger partial charge in [0, 0.05) is 6.07 Å². The van der Waals surface area contributed by atoms with Crippen LogP contribution in [0.25, 0.3) is 0 Å². The molecule has 0 bridgehead atoms. The topological polar surface area (TPSA) is 86.2 Å². The molecule has 1 heterocycles. The Morgan fingerprint density at radius 1 is 1.75 bits per heavy atom. The first-order valence-corrected chi connectivity index (χ1v) is 3.88. The number of hydrogen-bond donors (Lipinski definition) is 1. The Morgan fingerprint density at radius 3 is 2.58 bits per heavy atom. The third-order valence-electron chi connectivity index (χ3n) is 1.31. The molecule has 1 aromatic rings. The molecule has 0 spiro atoms. The van der Waals surface area contributed by atoms with Crippen molar-refractivity contribution < 1.29 is 9.72 Å². The second kappa shape index (κ2) is 2.90. The first kappa shape index (κ1) is 8.66. The summed E-state index contributed by atoms with van der Waals surface area (Å²) >= 11 is 0.802. The highest BCUT2D eigenvalue weighted by Gasteiger charge is 2.16. The monoisotopic (exact) mass is 186 g/mol. The minimum Gasteiger partial charge on any atom is -0.365 e. The van der Waals surface area contributed by atoms with Crippen molar-refractivity contribution in [3.8, 4) is 0 Å². The summed E-state index contributed by atoms with van der Waals surface area (Å²) in [5.74, 6) is -0.620. The van der Waals surface area contributed by atoms with Crippen molar-refractivity contribution in [1.29, 1.82) is 0 Å². The lowest BCUT2D eigenvalue weighted by molar-refractivity contribution is -0.380. The van der Waals surface area contributed by atoms with Crippen LogP contribution in [-0.4, -0.2) is 10.8 Å². The molecule has 1 amide bonds. The van der Waals surface area contributed by atoms with Gasteiger partial charge in [0.25, 0.3) is 5.91 Å². The average Bonchev–Trinajstić information content (AvgIpc) is 2.30. The molecule has 0 aliphatic rings. The number of nitro groups is 1. The molecule has 2 N–H and O–H groups in total. The van der Waals surface area contributed by atoms with Crippen molar-refractivity contribution in [2.24, 2.45) is 5.73 Å². The Kier molecular flexibility index (Phi) is 2.09. The smallest absolute Gasteiger partial charge is 0.325 e. The molecule has 6 heteroatoms. The van der Waals surface area contributed by atoms with E-state index in [2.05, 4.69) is 0 Å². The molecule has 5 nitrogen and oxygen atoms in total. The van der Waals surface area contributed by atoms with Crippen LogP contribution in [0, 0.1) is 17.0 Å². The van der Waals surface area contributed by atoms with Gasteiger partial charge in [0.2, 0.25) is 0 Å². The molecule has 0 radical (unpaired) electrons. The minimum atomic E-state index is -0.620. The number of primary amides is 1. The van der Waals surface area contributed by atoms with Gasteiger partial charge in [-0.3, -0.25) is 14.9 Å². The van der Waals surface area contributed by atoms with Crippen LogP contribution in [0.2, 0.25) is 0 Å². The van der Waals surface area contributed by atoms with Gasteiger partial charge in [-0.05, 0) is 12.5 Å². The fourth-order valence-corrected chi connectivity index (χ4v) is 1.64. The number of carbonyl (C=O) groups is 1. The van der Waals surface area contributed by atoms with E-state index in [9.17, 15) is 14.9 Å². The number of nitrogens with zero attached hydrogens (tertiary/aromatic N) is 1. The molecule has 1 aromatic heterocycles. The summed E-state index contributed by atoms with van der Waals surface area (Å²) in [4.78, 5) is 20.6. The molecule has 0 saturated heterocycles. The molecular weight excluding hydrogens is 180 g/mol. The Bertz CT molecular complexity index is 345. The Labute approximate surface area is 72.0 Å². The van der Waals surface area contributed by atoms with Gasteiger partial charge in [-0.15, -0.1) is 0 Å². The van der Waals surface area contributed by atoms with Gasteiger partial charge in [-0.2, -0.15) is 0 Å². The Morgan fingerprint density at radius 2 is 2.33 bits per heavy atom. The van der Waals surface area contributed by atoms with E-state index in [1.54, 1.807) is 6.92 Å². The van der Waals surface area contributed by atoms with E-state index < -0.39 is 10.8 Å². The normalized spacial score (nSPS) is 9.75. The number of thiophene rings is 1. The third kappa shape index (κ3) is 1.42. The summed E-state index contributed by atoms with van der Waals surface area (Å²) in [6.07, 6.45) is 0. The third-order valence-corrected chi connectivity index (χ3v) is 2.51. The van der Waals surface area contributed by atoms with Crippen LogP contribution >= 0.6 is 11.3 Å². The van der Waals surface area contributed by atoms with Crippen molar-refractivity contribution in [3.05, 3.63) is 26.6 Å². The SMILES string of the molecule is Cc1cc([N+](=O)[O-])sc1C(N)=O. The van der Waals surface area contributed by atoms with Crippen molar-refractivity contribution in [1.82, 2.24) is 0 Å². The lowest BCUT2D eigenvalue weighted by Gasteiger charge is -1.86. The van der Waals surface area contributed by atoms with E-state index in [1.165, 1.54) is 6.07 Å². The van der Waals surface area contributed by atoms with E-state index in [1.807, 2.05) is 0 Å². The van der Waals surface area contributed by atoms with Crippen LogP contribution in [0.3, 0.4) is 0 Å². The van der Waals surface area contributed by atoms with Crippen molar-refractivity contribution in [2.75, 3.05) is 0 Å². The highest BCUT2D eigenvalue weighted by atomic mass is 32.1. The van der Waals surface area contributed by atoms with Crippen LogP contribution in [0.5, 0.6) is 0 Å². The van der Waals surface area contributed by atoms with Gasteiger partial charge in [-0.25, -0.2) is 0 Å². The quantitative estimate of drug-likeness (QED) is 0.553. The standard InChI is InChI=1S/C6H6N2O3S/c1-3-2-4(8(10)11)12-5(3)6(7)9/h2H,1H3,(H2,7,9). The Balaban J connectivity index is 3.17. The molecule has 0 saturated carbocycles. The molecular formula is C6H6N2O3S. The molecule has 0 fully saturated rings. The summed E-state index contributed by atoms with van der Waals surface area (Å²) in [7, 11) is 0. The van der Waals surface area contributed by atoms with Crippen molar-refractivity contribution in [3.63, 3.8) is 0 Å². The zero-order valence-electron chi connectivity index (χ0n) is 6.23. The number of nitrogens with two attached hydrogens (primary N) is 1. The lowest BCUT2D eigenvalue weighted by Crippen LogP contribution is -2.09. The zero-order chi connectivity index (χ0) is 9.30. The van der Waals surface area contributed by atoms with Crippen molar-refractivity contribution in [2.45, 2.75) is 6.92 Å². The van der Waals surface area contributed by atoms with Gasteiger partial charge in [0.15, 0.2) is 0 Å². The summed E-state index contributed by atoms with van der Waals surface area (Å²) in [5.41, 5.74) is 5.53.